The molecule has 2 aliphatic rings. The largest absolute Gasteiger partial charge is 0.507 e. The van der Waals surface area contributed by atoms with Crippen LogP contribution in [0, 0.1) is 3.82 Å². The molecule has 1 aromatic carbocycles. The van der Waals surface area contributed by atoms with Gasteiger partial charge >= 0.3 is 0 Å². The lowest BCUT2D eigenvalue weighted by Crippen LogP contribution is -2.46. The van der Waals surface area contributed by atoms with E-state index in [0.717, 1.165) is 86.8 Å². The third-order valence-corrected chi connectivity index (χ3v) is 10.6. The van der Waals surface area contributed by atoms with E-state index in [0.29, 0.717) is 5.75 Å². The van der Waals surface area contributed by atoms with E-state index in [1.165, 1.54) is 41.9 Å². The van der Waals surface area contributed by atoms with E-state index < -0.39 is 0 Å². The predicted molar refractivity (Wildman–Crippen MR) is 154 cm³/mol. The lowest BCUT2D eigenvalue weighted by Gasteiger charge is -2.35. The molecule has 0 atom stereocenters. The second kappa shape index (κ2) is 13.1. The first-order valence-electron chi connectivity index (χ1n) is 13.4. The van der Waals surface area contributed by atoms with Crippen LogP contribution in [0.5, 0.6) is 5.75 Å². The van der Waals surface area contributed by atoms with Gasteiger partial charge < -0.3 is 14.9 Å². The van der Waals surface area contributed by atoms with Gasteiger partial charge in [-0.15, -0.1) is 0 Å². The zero-order valence-corrected chi connectivity index (χ0v) is 24.2. The summed E-state index contributed by atoms with van der Waals surface area (Å²) in [4.78, 5) is 11.4. The minimum absolute atomic E-state index is 0.498. The summed E-state index contributed by atoms with van der Waals surface area (Å²) in [5.74, 6) is 0.498. The zero-order chi connectivity index (χ0) is 24.8. The average Bonchev–Trinajstić information content (AvgIpc) is 3.24. The molecule has 0 saturated carbocycles. The standard InChI is InChI=1S/C27H42N4OS3/c1-4-7-28-9-13-30(14-10-28)19-22-17-21(26-24(6-3)27(33)35-34-26)18-23(25(22)32)20-31-15-11-29(8-5-2)12-16-31/h17-18,32H,4-16,19-20H2,1-3H3. The molecule has 0 aliphatic carbocycles. The van der Waals surface area contributed by atoms with Crippen molar-refractivity contribution in [3.8, 4) is 16.2 Å². The van der Waals surface area contributed by atoms with Gasteiger partial charge in [0.15, 0.2) is 0 Å². The summed E-state index contributed by atoms with van der Waals surface area (Å²) in [6.07, 6.45) is 3.38. The quantitative estimate of drug-likeness (QED) is 0.319. The Bertz CT molecular complexity index is 955. The number of piperazine rings is 2. The highest BCUT2D eigenvalue weighted by Gasteiger charge is 2.23. The third-order valence-electron chi connectivity index (χ3n) is 7.40. The predicted octanol–water partition coefficient (Wildman–Crippen LogP) is 5.53. The van der Waals surface area contributed by atoms with Crippen molar-refractivity contribution in [2.75, 3.05) is 65.4 Å². The molecule has 3 heterocycles. The number of nitrogens with zero attached hydrogens (tertiary/aromatic N) is 4. The van der Waals surface area contributed by atoms with Crippen molar-refractivity contribution >= 4 is 32.9 Å². The minimum atomic E-state index is 0.498. The second-order valence-corrected chi connectivity index (χ2v) is 12.8. The van der Waals surface area contributed by atoms with Gasteiger partial charge in [0.2, 0.25) is 0 Å². The Morgan fingerprint density at radius 2 is 1.20 bits per heavy atom. The molecule has 8 heteroatoms. The van der Waals surface area contributed by atoms with E-state index in [9.17, 15) is 5.11 Å². The molecule has 0 radical (unpaired) electrons. The number of hydrogen-bond donors (Lipinski definition) is 1. The maximum absolute atomic E-state index is 11.4. The number of aromatic hydroxyl groups is 1. The lowest BCUT2D eigenvalue weighted by molar-refractivity contribution is 0.124. The van der Waals surface area contributed by atoms with Crippen molar-refractivity contribution in [2.24, 2.45) is 0 Å². The van der Waals surface area contributed by atoms with Gasteiger partial charge in [-0.2, -0.15) is 0 Å². The van der Waals surface area contributed by atoms with Crippen LogP contribution in [-0.2, 0) is 19.5 Å². The number of benzene rings is 1. The molecule has 5 nitrogen and oxygen atoms in total. The maximum atomic E-state index is 11.4. The van der Waals surface area contributed by atoms with E-state index in [-0.39, 0.29) is 0 Å². The fourth-order valence-electron chi connectivity index (χ4n) is 5.39. The van der Waals surface area contributed by atoms with Gasteiger partial charge in [-0.3, -0.25) is 9.80 Å². The number of rotatable bonds is 10. The van der Waals surface area contributed by atoms with Crippen LogP contribution in [0.4, 0.5) is 0 Å². The summed E-state index contributed by atoms with van der Waals surface area (Å²) in [6, 6.07) is 4.48. The molecule has 4 rings (SSSR count). The van der Waals surface area contributed by atoms with E-state index in [2.05, 4.69) is 52.5 Å². The van der Waals surface area contributed by atoms with Crippen LogP contribution in [0.25, 0.3) is 10.4 Å². The molecular formula is C27H42N4OS3. The Hall–Kier alpha value is -0.870. The van der Waals surface area contributed by atoms with Crippen LogP contribution in [0.3, 0.4) is 0 Å². The van der Waals surface area contributed by atoms with Crippen LogP contribution in [0.1, 0.15) is 50.3 Å². The van der Waals surface area contributed by atoms with Crippen molar-refractivity contribution in [2.45, 2.75) is 53.1 Å². The molecule has 2 fully saturated rings. The number of phenolic OH excluding ortho intramolecular Hbond substituents is 1. The zero-order valence-electron chi connectivity index (χ0n) is 21.7. The van der Waals surface area contributed by atoms with Crippen molar-refractivity contribution in [3.63, 3.8) is 0 Å². The molecule has 2 aliphatic heterocycles. The first-order chi connectivity index (χ1) is 17.0. The SMILES string of the molecule is CCCN1CCN(Cc2cc(-c3ssc(=S)c3CC)cc(CN3CCN(CCC)CC3)c2O)CC1. The first-order valence-corrected chi connectivity index (χ1v) is 15.9. The monoisotopic (exact) mass is 534 g/mol. The van der Waals surface area contributed by atoms with Gasteiger partial charge in [0.25, 0.3) is 0 Å². The van der Waals surface area contributed by atoms with Gasteiger partial charge in [-0.25, -0.2) is 0 Å². The summed E-state index contributed by atoms with van der Waals surface area (Å²) in [6.45, 7) is 19.5. The van der Waals surface area contributed by atoms with Crippen LogP contribution in [0.15, 0.2) is 12.1 Å². The molecule has 0 unspecified atom stereocenters. The fraction of sp³-hybridized carbons (Fsp3) is 0.667. The van der Waals surface area contributed by atoms with E-state index >= 15 is 0 Å². The minimum Gasteiger partial charge on any atom is -0.507 e. The molecule has 1 N–H and O–H groups in total. The molecule has 1 aromatic heterocycles. The van der Waals surface area contributed by atoms with E-state index in [4.69, 9.17) is 12.2 Å². The Labute approximate surface area is 224 Å². The smallest absolute Gasteiger partial charge is 0.124 e. The normalized spacial score (nSPS) is 18.9. The van der Waals surface area contributed by atoms with Gasteiger partial charge in [0.05, 0.1) is 4.88 Å². The van der Waals surface area contributed by atoms with Gasteiger partial charge in [0, 0.05) is 76.6 Å². The Balaban J connectivity index is 1.57. The summed E-state index contributed by atoms with van der Waals surface area (Å²) in [5.41, 5.74) is 4.66. The van der Waals surface area contributed by atoms with Gasteiger partial charge in [0.1, 0.15) is 9.57 Å². The van der Waals surface area contributed by atoms with Crippen LogP contribution in [0.2, 0.25) is 0 Å². The molecule has 0 bridgehead atoms. The molecule has 2 saturated heterocycles. The van der Waals surface area contributed by atoms with Crippen molar-refractivity contribution in [1.29, 1.82) is 0 Å². The molecular weight excluding hydrogens is 493 g/mol. The summed E-state index contributed by atoms with van der Waals surface area (Å²) < 4.78 is 1.02. The highest BCUT2D eigenvalue weighted by atomic mass is 32.9. The van der Waals surface area contributed by atoms with Crippen LogP contribution in [-0.4, -0.2) is 90.2 Å². The molecule has 2 aromatic rings. The van der Waals surface area contributed by atoms with E-state index in [1.54, 1.807) is 20.7 Å². The molecule has 0 amide bonds. The summed E-state index contributed by atoms with van der Waals surface area (Å²) in [7, 11) is 3.51. The first kappa shape index (κ1) is 27.2. The summed E-state index contributed by atoms with van der Waals surface area (Å²) in [5, 5.41) is 11.4. The van der Waals surface area contributed by atoms with Crippen molar-refractivity contribution in [1.82, 2.24) is 19.6 Å². The number of hydrogen-bond acceptors (Lipinski definition) is 8. The topological polar surface area (TPSA) is 33.2 Å². The molecule has 194 valence electrons. The van der Waals surface area contributed by atoms with Crippen molar-refractivity contribution < 1.29 is 5.11 Å². The third kappa shape index (κ3) is 6.92. The molecule has 35 heavy (non-hydrogen) atoms. The Morgan fingerprint density at radius 1 is 0.743 bits per heavy atom. The lowest BCUT2D eigenvalue weighted by atomic mass is 9.99. The number of phenols is 1. The van der Waals surface area contributed by atoms with Gasteiger partial charge in [-0.1, -0.05) is 53.7 Å². The Morgan fingerprint density at radius 3 is 1.63 bits per heavy atom. The maximum Gasteiger partial charge on any atom is 0.124 e. The summed E-state index contributed by atoms with van der Waals surface area (Å²) >= 11 is 5.64. The van der Waals surface area contributed by atoms with Crippen LogP contribution >= 0.6 is 32.9 Å². The molecule has 0 spiro atoms. The highest BCUT2D eigenvalue weighted by Crippen LogP contribution is 2.39. The van der Waals surface area contributed by atoms with Gasteiger partial charge in [-0.05, 0) is 55.6 Å². The Kier molecular flexibility index (Phi) is 10.2. The highest BCUT2D eigenvalue weighted by molar-refractivity contribution is 7.80. The average molecular weight is 535 g/mol. The second-order valence-electron chi connectivity index (χ2n) is 9.99. The van der Waals surface area contributed by atoms with Crippen molar-refractivity contribution in [3.05, 3.63) is 32.6 Å². The van der Waals surface area contributed by atoms with E-state index in [1.807, 2.05) is 0 Å². The fourth-order valence-corrected chi connectivity index (χ4v) is 8.51. The van der Waals surface area contributed by atoms with Crippen LogP contribution < -0.4 is 0 Å².